The smallest absolute Gasteiger partial charge is 0.226 e. The summed E-state index contributed by atoms with van der Waals surface area (Å²) in [6.45, 7) is 7.69. The molecule has 0 saturated carbocycles. The molecular weight excluding hydrogens is 384 g/mol. The van der Waals surface area contributed by atoms with Crippen LogP contribution in [0.3, 0.4) is 0 Å². The first-order valence-electron chi connectivity index (χ1n) is 10.4. The fraction of sp³-hybridized carbons (Fsp3) is 0.619. The van der Waals surface area contributed by atoms with E-state index in [2.05, 4.69) is 26.4 Å². The van der Waals surface area contributed by atoms with Crippen LogP contribution in [0.1, 0.15) is 61.2 Å². The minimum atomic E-state index is -0.0238. The number of hydrogen-bond acceptors (Lipinski definition) is 6. The molecular formula is C21H30N6OS. The van der Waals surface area contributed by atoms with Gasteiger partial charge in [0.05, 0.1) is 30.4 Å². The van der Waals surface area contributed by atoms with Gasteiger partial charge in [-0.25, -0.2) is 4.98 Å². The molecule has 1 saturated heterocycles. The highest BCUT2D eigenvalue weighted by Crippen LogP contribution is 2.20. The molecule has 2 aromatic rings. The summed E-state index contributed by atoms with van der Waals surface area (Å²) < 4.78 is 1.86. The van der Waals surface area contributed by atoms with Gasteiger partial charge in [0.15, 0.2) is 5.13 Å². The van der Waals surface area contributed by atoms with Crippen LogP contribution >= 0.6 is 11.3 Å². The van der Waals surface area contributed by atoms with Gasteiger partial charge in [0, 0.05) is 24.0 Å². The van der Waals surface area contributed by atoms with Crippen molar-refractivity contribution >= 4 is 22.4 Å². The third-order valence-corrected chi connectivity index (χ3v) is 6.26. The van der Waals surface area contributed by atoms with Crippen LogP contribution in [-0.2, 0) is 24.3 Å². The number of likely N-dealkylation sites (tertiary alicyclic amines) is 1. The molecule has 0 bridgehead atoms. The highest BCUT2D eigenvalue weighted by atomic mass is 32.1. The van der Waals surface area contributed by atoms with Gasteiger partial charge in [-0.05, 0) is 51.8 Å². The van der Waals surface area contributed by atoms with Crippen LogP contribution in [0.15, 0.2) is 5.38 Å². The van der Waals surface area contributed by atoms with E-state index in [1.807, 2.05) is 23.9 Å². The Morgan fingerprint density at radius 2 is 2.03 bits per heavy atom. The average Bonchev–Trinajstić information content (AvgIpc) is 3.12. The molecule has 1 fully saturated rings. The summed E-state index contributed by atoms with van der Waals surface area (Å²) in [7, 11) is 0. The monoisotopic (exact) mass is 414 g/mol. The molecule has 156 valence electrons. The lowest BCUT2D eigenvalue weighted by atomic mass is 10.1. The summed E-state index contributed by atoms with van der Waals surface area (Å²) in [5.74, 6) is -0.0238. The van der Waals surface area contributed by atoms with E-state index in [1.54, 1.807) is 0 Å². The second kappa shape index (κ2) is 10.5. The molecule has 0 atom stereocenters. The van der Waals surface area contributed by atoms with Crippen LogP contribution in [0.25, 0.3) is 0 Å². The van der Waals surface area contributed by atoms with Crippen LogP contribution in [0.2, 0.25) is 0 Å². The molecule has 0 aromatic carbocycles. The molecule has 2 aromatic heterocycles. The number of hydrogen-bond donors (Lipinski definition) is 1. The second-order valence-corrected chi connectivity index (χ2v) is 8.52. The van der Waals surface area contributed by atoms with Crippen LogP contribution in [0, 0.1) is 25.2 Å². The number of amides is 1. The Bertz CT molecular complexity index is 857. The number of anilines is 1. The van der Waals surface area contributed by atoms with E-state index in [1.165, 1.54) is 37.0 Å². The van der Waals surface area contributed by atoms with E-state index in [4.69, 9.17) is 5.26 Å². The number of nitrogens with one attached hydrogen (secondary N) is 1. The largest absolute Gasteiger partial charge is 0.302 e. The van der Waals surface area contributed by atoms with Crippen molar-refractivity contribution in [3.05, 3.63) is 28.0 Å². The van der Waals surface area contributed by atoms with Crippen molar-refractivity contribution in [1.82, 2.24) is 19.7 Å². The van der Waals surface area contributed by atoms with Crippen molar-refractivity contribution < 1.29 is 4.79 Å². The van der Waals surface area contributed by atoms with E-state index >= 15 is 0 Å². The number of carbonyl (C=O) groups is 1. The summed E-state index contributed by atoms with van der Waals surface area (Å²) in [5, 5.41) is 18.9. The normalized spacial score (nSPS) is 15.1. The number of aromatic nitrogens is 3. The molecule has 7 nitrogen and oxygen atoms in total. The maximum absolute atomic E-state index is 12.4. The predicted molar refractivity (Wildman–Crippen MR) is 115 cm³/mol. The number of rotatable bonds is 8. The third-order valence-electron chi connectivity index (χ3n) is 5.45. The van der Waals surface area contributed by atoms with Crippen molar-refractivity contribution in [3.8, 4) is 6.07 Å². The molecule has 1 aliphatic heterocycles. The Balaban J connectivity index is 1.49. The highest BCUT2D eigenvalue weighted by molar-refractivity contribution is 7.13. The molecule has 0 unspecified atom stereocenters. The zero-order valence-corrected chi connectivity index (χ0v) is 18.2. The molecule has 0 radical (unpaired) electrons. The summed E-state index contributed by atoms with van der Waals surface area (Å²) in [4.78, 5) is 19.5. The summed E-state index contributed by atoms with van der Waals surface area (Å²) in [5.41, 5.74) is 4.11. The standard InChI is InChI=1S/C21H30N6OS/c1-16-19(17(2)27(25-16)13-7-10-22)8-9-20(28)24-21-23-18(15-29-21)14-26-11-5-3-4-6-12-26/h15H,3-9,11-14H2,1-2H3,(H,23,24,28). The van der Waals surface area contributed by atoms with E-state index < -0.39 is 0 Å². The highest BCUT2D eigenvalue weighted by Gasteiger charge is 2.15. The van der Waals surface area contributed by atoms with Gasteiger partial charge in [-0.2, -0.15) is 10.4 Å². The Morgan fingerprint density at radius 3 is 2.76 bits per heavy atom. The molecule has 0 aliphatic carbocycles. The molecule has 0 spiro atoms. The van der Waals surface area contributed by atoms with Crippen molar-refractivity contribution in [3.63, 3.8) is 0 Å². The Morgan fingerprint density at radius 1 is 1.28 bits per heavy atom. The van der Waals surface area contributed by atoms with Gasteiger partial charge in [0.2, 0.25) is 5.91 Å². The first-order valence-corrected chi connectivity index (χ1v) is 11.3. The minimum Gasteiger partial charge on any atom is -0.302 e. The van der Waals surface area contributed by atoms with E-state index in [0.29, 0.717) is 30.9 Å². The van der Waals surface area contributed by atoms with Crippen molar-refractivity contribution in [2.45, 2.75) is 71.9 Å². The lowest BCUT2D eigenvalue weighted by molar-refractivity contribution is -0.116. The Labute approximate surface area is 176 Å². The molecule has 1 amide bonds. The van der Waals surface area contributed by atoms with Crippen molar-refractivity contribution in [1.29, 1.82) is 5.26 Å². The summed E-state index contributed by atoms with van der Waals surface area (Å²) in [6, 6.07) is 2.15. The molecule has 3 rings (SSSR count). The SMILES string of the molecule is Cc1nn(CCC#N)c(C)c1CCC(=O)Nc1nc(CN2CCCCCC2)cs1. The van der Waals surface area contributed by atoms with Crippen LogP contribution in [-0.4, -0.2) is 38.7 Å². The number of nitriles is 1. The van der Waals surface area contributed by atoms with E-state index in [-0.39, 0.29) is 5.91 Å². The van der Waals surface area contributed by atoms with Crippen LogP contribution in [0.5, 0.6) is 0 Å². The average molecular weight is 415 g/mol. The third kappa shape index (κ3) is 6.12. The van der Waals surface area contributed by atoms with Crippen molar-refractivity contribution in [2.24, 2.45) is 0 Å². The van der Waals surface area contributed by atoms with Gasteiger partial charge >= 0.3 is 0 Å². The van der Waals surface area contributed by atoms with Gasteiger partial charge in [0.1, 0.15) is 0 Å². The quantitative estimate of drug-likeness (QED) is 0.710. The minimum absolute atomic E-state index is 0.0238. The van der Waals surface area contributed by atoms with E-state index in [9.17, 15) is 4.79 Å². The lowest BCUT2D eigenvalue weighted by Gasteiger charge is -2.17. The predicted octanol–water partition coefficient (Wildman–Crippen LogP) is 3.82. The fourth-order valence-corrected chi connectivity index (χ4v) is 4.57. The van der Waals surface area contributed by atoms with Gasteiger partial charge in [-0.1, -0.05) is 12.8 Å². The van der Waals surface area contributed by atoms with Gasteiger partial charge < -0.3 is 5.32 Å². The molecule has 29 heavy (non-hydrogen) atoms. The fourth-order valence-electron chi connectivity index (χ4n) is 3.85. The first-order chi connectivity index (χ1) is 14.1. The van der Waals surface area contributed by atoms with E-state index in [0.717, 1.165) is 42.3 Å². The number of aryl methyl sites for hydroxylation is 2. The van der Waals surface area contributed by atoms with Crippen LogP contribution in [0.4, 0.5) is 5.13 Å². The van der Waals surface area contributed by atoms with Gasteiger partial charge in [-0.3, -0.25) is 14.4 Å². The summed E-state index contributed by atoms with van der Waals surface area (Å²) >= 11 is 1.50. The zero-order valence-electron chi connectivity index (χ0n) is 17.4. The molecule has 1 N–H and O–H groups in total. The summed E-state index contributed by atoms with van der Waals surface area (Å²) in [6.07, 6.45) is 6.65. The maximum atomic E-state index is 12.4. The Kier molecular flexibility index (Phi) is 7.78. The van der Waals surface area contributed by atoms with Crippen molar-refractivity contribution in [2.75, 3.05) is 18.4 Å². The number of nitrogens with zero attached hydrogens (tertiary/aromatic N) is 5. The molecule has 1 aliphatic rings. The maximum Gasteiger partial charge on any atom is 0.226 e. The number of carbonyl (C=O) groups excluding carboxylic acids is 1. The molecule has 8 heteroatoms. The lowest BCUT2D eigenvalue weighted by Crippen LogP contribution is -2.24. The first kappa shape index (κ1) is 21.5. The van der Waals surface area contributed by atoms with Gasteiger partial charge in [0.25, 0.3) is 0 Å². The van der Waals surface area contributed by atoms with Crippen LogP contribution < -0.4 is 5.32 Å². The topological polar surface area (TPSA) is 86.8 Å². The molecule has 3 heterocycles. The van der Waals surface area contributed by atoms with Gasteiger partial charge in [-0.15, -0.1) is 11.3 Å². The number of thiazole rings is 1. The zero-order chi connectivity index (χ0) is 20.6. The second-order valence-electron chi connectivity index (χ2n) is 7.66. The Hall–Kier alpha value is -2.24.